The van der Waals surface area contributed by atoms with Crippen LogP contribution in [0.5, 0.6) is 0 Å². The van der Waals surface area contributed by atoms with Crippen LogP contribution in [0.3, 0.4) is 0 Å². The van der Waals surface area contributed by atoms with Crippen molar-refractivity contribution in [3.05, 3.63) is 48.7 Å². The topological polar surface area (TPSA) is 82.5 Å². The summed E-state index contributed by atoms with van der Waals surface area (Å²) in [6.07, 6.45) is 12.2. The minimum absolute atomic E-state index is 0.0370. The molecule has 2 aromatic rings. The molecule has 1 N–H and O–H groups in total. The van der Waals surface area contributed by atoms with Crippen LogP contribution in [0.15, 0.2) is 43.1 Å². The second-order valence-electron chi connectivity index (χ2n) is 8.04. The van der Waals surface area contributed by atoms with Crippen molar-refractivity contribution in [3.8, 4) is 0 Å². The number of aliphatic hydroxyl groups is 1. The molecule has 1 unspecified atom stereocenters. The van der Waals surface area contributed by atoms with E-state index in [2.05, 4.69) is 19.9 Å². The molecule has 1 spiro atoms. The zero-order chi connectivity index (χ0) is 19.4. The molecule has 0 bridgehead atoms. The van der Waals surface area contributed by atoms with Crippen LogP contribution in [-0.2, 0) is 11.2 Å². The van der Waals surface area contributed by atoms with E-state index >= 15 is 0 Å². The molecule has 2 aliphatic rings. The lowest BCUT2D eigenvalue weighted by molar-refractivity contribution is -0.133. The molecular formula is C21H27N5O2. The average molecular weight is 381 g/mol. The van der Waals surface area contributed by atoms with Crippen LogP contribution in [-0.4, -0.2) is 63.1 Å². The molecule has 2 aliphatic heterocycles. The van der Waals surface area contributed by atoms with Crippen molar-refractivity contribution >= 4 is 11.7 Å². The number of β-amino-alcohol motifs (C(OH)–C–C–N with tert-alkyl or cyclic N) is 1. The fraction of sp³-hybridized carbons (Fsp3) is 0.524. The summed E-state index contributed by atoms with van der Waals surface area (Å²) >= 11 is 0. The summed E-state index contributed by atoms with van der Waals surface area (Å²) in [5, 5.41) is 10.5. The van der Waals surface area contributed by atoms with Crippen LogP contribution in [0.1, 0.15) is 31.2 Å². The van der Waals surface area contributed by atoms with E-state index in [1.807, 2.05) is 23.2 Å². The molecule has 4 heterocycles. The number of hydrogen-bond acceptors (Lipinski definition) is 6. The summed E-state index contributed by atoms with van der Waals surface area (Å²) in [5.41, 5.74) is 1.13. The summed E-state index contributed by atoms with van der Waals surface area (Å²) in [6, 6.07) is 3.91. The number of amides is 1. The monoisotopic (exact) mass is 381 g/mol. The highest BCUT2D eigenvalue weighted by molar-refractivity contribution is 5.76. The maximum atomic E-state index is 12.6. The normalized spacial score (nSPS) is 21.7. The first-order valence-electron chi connectivity index (χ1n) is 9.99. The van der Waals surface area contributed by atoms with E-state index in [1.165, 1.54) is 0 Å². The summed E-state index contributed by atoms with van der Waals surface area (Å²) < 4.78 is 0. The van der Waals surface area contributed by atoms with Crippen LogP contribution >= 0.6 is 0 Å². The Hall–Kier alpha value is -2.54. The van der Waals surface area contributed by atoms with E-state index in [0.29, 0.717) is 13.0 Å². The third-order valence-electron chi connectivity index (χ3n) is 6.03. The Labute approximate surface area is 165 Å². The Morgan fingerprint density at radius 1 is 1.18 bits per heavy atom. The second-order valence-corrected chi connectivity index (χ2v) is 8.04. The first-order chi connectivity index (χ1) is 13.6. The molecule has 2 aromatic heterocycles. The molecule has 0 aromatic carbocycles. The first-order valence-corrected chi connectivity index (χ1v) is 9.99. The number of pyridine rings is 1. The largest absolute Gasteiger partial charge is 0.391 e. The van der Waals surface area contributed by atoms with Gasteiger partial charge in [0.15, 0.2) is 0 Å². The highest BCUT2D eigenvalue weighted by Gasteiger charge is 2.42. The third kappa shape index (κ3) is 4.30. The van der Waals surface area contributed by atoms with Crippen molar-refractivity contribution < 1.29 is 9.90 Å². The molecule has 4 rings (SSSR count). The van der Waals surface area contributed by atoms with Crippen molar-refractivity contribution in [2.24, 2.45) is 5.41 Å². The minimum atomic E-state index is -0.372. The highest BCUT2D eigenvalue weighted by Crippen LogP contribution is 2.41. The Morgan fingerprint density at radius 3 is 2.71 bits per heavy atom. The van der Waals surface area contributed by atoms with Crippen LogP contribution in [0.4, 0.5) is 5.82 Å². The van der Waals surface area contributed by atoms with Gasteiger partial charge >= 0.3 is 0 Å². The van der Waals surface area contributed by atoms with Gasteiger partial charge in [0, 0.05) is 57.4 Å². The number of rotatable bonds is 4. The number of piperidine rings is 2. The van der Waals surface area contributed by atoms with Gasteiger partial charge in [0.25, 0.3) is 0 Å². The minimum Gasteiger partial charge on any atom is -0.391 e. The number of aliphatic hydroxyl groups excluding tert-OH is 1. The van der Waals surface area contributed by atoms with Gasteiger partial charge in [-0.1, -0.05) is 6.07 Å². The number of anilines is 1. The summed E-state index contributed by atoms with van der Waals surface area (Å²) in [6.45, 7) is 2.97. The van der Waals surface area contributed by atoms with Crippen LogP contribution in [0.2, 0.25) is 0 Å². The molecule has 28 heavy (non-hydrogen) atoms. The number of hydrogen-bond donors (Lipinski definition) is 1. The van der Waals surface area contributed by atoms with Crippen molar-refractivity contribution in [2.75, 3.05) is 31.1 Å². The summed E-state index contributed by atoms with van der Waals surface area (Å²) in [7, 11) is 0. The molecule has 7 nitrogen and oxygen atoms in total. The number of nitrogens with zero attached hydrogens (tertiary/aromatic N) is 5. The Bertz CT molecular complexity index is 778. The van der Waals surface area contributed by atoms with Gasteiger partial charge in [-0.3, -0.25) is 14.8 Å². The molecule has 2 fully saturated rings. The lowest BCUT2D eigenvalue weighted by Crippen LogP contribution is -2.54. The van der Waals surface area contributed by atoms with Gasteiger partial charge in [-0.05, 0) is 42.7 Å². The van der Waals surface area contributed by atoms with Gasteiger partial charge in [0.2, 0.25) is 5.91 Å². The average Bonchev–Trinajstić information content (AvgIpc) is 2.73. The molecule has 0 radical (unpaired) electrons. The van der Waals surface area contributed by atoms with Gasteiger partial charge in [0.05, 0.1) is 12.3 Å². The highest BCUT2D eigenvalue weighted by atomic mass is 16.3. The smallest absolute Gasteiger partial charge is 0.222 e. The van der Waals surface area contributed by atoms with Crippen LogP contribution in [0.25, 0.3) is 0 Å². The molecule has 0 aliphatic carbocycles. The SMILES string of the molecule is O=C(CCc1cccnc1)N1CCC2(CC1)CC(O)CN(c1cnccn1)C2. The van der Waals surface area contributed by atoms with E-state index in [1.54, 1.807) is 24.8 Å². The standard InChI is InChI=1S/C21H27N5O2/c27-18-12-21(16-26(15-18)19-14-23-8-9-24-19)5-10-25(11-6-21)20(28)4-3-17-2-1-7-22-13-17/h1-2,7-9,13-14,18,27H,3-6,10-12,15-16H2. The zero-order valence-electron chi connectivity index (χ0n) is 16.1. The van der Waals surface area contributed by atoms with Crippen LogP contribution < -0.4 is 4.90 Å². The van der Waals surface area contributed by atoms with E-state index in [-0.39, 0.29) is 17.4 Å². The van der Waals surface area contributed by atoms with E-state index in [9.17, 15) is 9.90 Å². The molecule has 0 saturated carbocycles. The molecule has 2 saturated heterocycles. The summed E-state index contributed by atoms with van der Waals surface area (Å²) in [5.74, 6) is 1.02. The van der Waals surface area contributed by atoms with Gasteiger partial charge < -0.3 is 14.9 Å². The predicted octanol–water partition coefficient (Wildman–Crippen LogP) is 1.68. The summed E-state index contributed by atoms with van der Waals surface area (Å²) in [4.78, 5) is 29.4. The van der Waals surface area contributed by atoms with Crippen molar-refractivity contribution in [1.29, 1.82) is 0 Å². The lowest BCUT2D eigenvalue weighted by atomic mass is 9.71. The van der Waals surface area contributed by atoms with Crippen LogP contribution in [0, 0.1) is 5.41 Å². The Kier molecular flexibility index (Phi) is 5.52. The molecular weight excluding hydrogens is 354 g/mol. The quantitative estimate of drug-likeness (QED) is 0.868. The number of carbonyl (C=O) groups is 1. The van der Waals surface area contributed by atoms with Gasteiger partial charge in [-0.25, -0.2) is 4.98 Å². The fourth-order valence-corrected chi connectivity index (χ4v) is 4.53. The maximum Gasteiger partial charge on any atom is 0.222 e. The molecule has 1 atom stereocenters. The fourth-order valence-electron chi connectivity index (χ4n) is 4.53. The van der Waals surface area contributed by atoms with E-state index in [4.69, 9.17) is 0 Å². The lowest BCUT2D eigenvalue weighted by Gasteiger charge is -2.49. The van der Waals surface area contributed by atoms with Gasteiger partial charge in [-0.15, -0.1) is 0 Å². The van der Waals surface area contributed by atoms with E-state index < -0.39 is 0 Å². The van der Waals surface area contributed by atoms with Crippen molar-refractivity contribution in [2.45, 2.75) is 38.2 Å². The number of aromatic nitrogens is 3. The Morgan fingerprint density at radius 2 is 2.00 bits per heavy atom. The van der Waals surface area contributed by atoms with Crippen molar-refractivity contribution in [1.82, 2.24) is 19.9 Å². The third-order valence-corrected chi connectivity index (χ3v) is 6.03. The van der Waals surface area contributed by atoms with Gasteiger partial charge in [0.1, 0.15) is 5.82 Å². The Balaban J connectivity index is 1.34. The number of carbonyl (C=O) groups excluding carboxylic acids is 1. The van der Waals surface area contributed by atoms with E-state index in [0.717, 1.165) is 56.7 Å². The molecule has 148 valence electrons. The molecule has 1 amide bonds. The first kappa shape index (κ1) is 18.8. The van der Waals surface area contributed by atoms with Gasteiger partial charge in [-0.2, -0.15) is 0 Å². The van der Waals surface area contributed by atoms with Crippen molar-refractivity contribution in [3.63, 3.8) is 0 Å². The number of aryl methyl sites for hydroxylation is 1. The maximum absolute atomic E-state index is 12.6. The molecule has 7 heteroatoms. The predicted molar refractivity (Wildman–Crippen MR) is 106 cm³/mol. The zero-order valence-corrected chi connectivity index (χ0v) is 16.1. The second kappa shape index (κ2) is 8.22. The number of likely N-dealkylation sites (tertiary alicyclic amines) is 1.